The van der Waals surface area contributed by atoms with Crippen molar-refractivity contribution in [2.75, 3.05) is 19.8 Å². The molecule has 0 aliphatic heterocycles. The number of rotatable bonds is 6. The van der Waals surface area contributed by atoms with Crippen LogP contribution in [0, 0.1) is 5.92 Å². The van der Waals surface area contributed by atoms with Crippen molar-refractivity contribution in [3.05, 3.63) is 0 Å². The second-order valence-electron chi connectivity index (χ2n) is 3.93. The van der Waals surface area contributed by atoms with Crippen LogP contribution in [0.2, 0.25) is 0 Å². The number of aliphatic carboxylic acids is 1. The van der Waals surface area contributed by atoms with Gasteiger partial charge in [-0.15, -0.1) is 0 Å². The summed E-state index contributed by atoms with van der Waals surface area (Å²) in [6, 6.07) is -0.00840. The Hall–Kier alpha value is -1.14. The van der Waals surface area contributed by atoms with Crippen molar-refractivity contribution in [3.8, 4) is 0 Å². The van der Waals surface area contributed by atoms with Gasteiger partial charge in [0.15, 0.2) is 0 Å². The molecule has 3 N–H and O–H groups in total. The minimum absolute atomic E-state index is 0.00840. The molecule has 1 aliphatic carbocycles. The maximum Gasteiger partial charge on any atom is 0.329 e. The molecular weight excluding hydrogens is 214 g/mol. The Bertz CT molecular complexity index is 256. The first-order chi connectivity index (χ1) is 7.63. The monoisotopic (exact) mass is 231 g/mol. The molecule has 2 atom stereocenters. The van der Waals surface area contributed by atoms with E-state index in [1.807, 2.05) is 0 Å². The summed E-state index contributed by atoms with van der Waals surface area (Å²) < 4.78 is 4.66. The van der Waals surface area contributed by atoms with Crippen LogP contribution in [0.15, 0.2) is 0 Å². The van der Waals surface area contributed by atoms with Crippen LogP contribution in [0.5, 0.6) is 0 Å². The summed E-state index contributed by atoms with van der Waals surface area (Å²) >= 11 is 0. The highest BCUT2D eigenvalue weighted by Crippen LogP contribution is 2.24. The van der Waals surface area contributed by atoms with Gasteiger partial charge in [0, 0.05) is 18.6 Å². The Labute approximate surface area is 93.6 Å². The molecule has 1 aliphatic rings. The lowest BCUT2D eigenvalue weighted by atomic mass is 10.1. The molecule has 0 aromatic heterocycles. The predicted octanol–water partition coefficient (Wildman–Crippen LogP) is -0.635. The first-order valence-corrected chi connectivity index (χ1v) is 5.33. The van der Waals surface area contributed by atoms with Gasteiger partial charge in [-0.1, -0.05) is 6.42 Å². The molecule has 0 saturated heterocycles. The Balaban J connectivity index is 2.20. The molecule has 6 nitrogen and oxygen atoms in total. The van der Waals surface area contributed by atoms with Crippen LogP contribution in [-0.4, -0.2) is 48.0 Å². The number of nitrogens with one attached hydrogen (secondary N) is 1. The molecule has 1 saturated carbocycles. The minimum atomic E-state index is -1.10. The molecule has 1 rings (SSSR count). The van der Waals surface area contributed by atoms with Crippen LogP contribution in [0.1, 0.15) is 19.3 Å². The number of carboxylic acids is 1. The van der Waals surface area contributed by atoms with Gasteiger partial charge in [0.25, 0.3) is 0 Å². The Morgan fingerprint density at radius 2 is 2.06 bits per heavy atom. The largest absolute Gasteiger partial charge is 0.480 e. The van der Waals surface area contributed by atoms with Gasteiger partial charge < -0.3 is 20.3 Å². The summed E-state index contributed by atoms with van der Waals surface area (Å²) in [5.74, 6) is -1.31. The maximum atomic E-state index is 11.3. The molecule has 92 valence electrons. The first kappa shape index (κ1) is 12.9. The molecule has 0 spiro atoms. The van der Waals surface area contributed by atoms with Gasteiger partial charge in [0.05, 0.1) is 0 Å². The zero-order valence-corrected chi connectivity index (χ0v) is 9.02. The standard InChI is InChI=1S/C10H17NO5/c12-4-7-2-1-3-8(7)11-9(13)5-16-6-10(14)15/h7-8,12H,1-6H2,(H,11,13)(H,14,15). The molecule has 0 aromatic rings. The molecule has 0 radical (unpaired) electrons. The molecular formula is C10H17NO5. The van der Waals surface area contributed by atoms with Crippen molar-refractivity contribution in [1.82, 2.24) is 5.32 Å². The quantitative estimate of drug-likeness (QED) is 0.565. The Morgan fingerprint density at radius 3 is 2.69 bits per heavy atom. The van der Waals surface area contributed by atoms with E-state index in [1.54, 1.807) is 0 Å². The number of hydrogen-bond acceptors (Lipinski definition) is 4. The van der Waals surface area contributed by atoms with Gasteiger partial charge in [-0.05, 0) is 12.8 Å². The van der Waals surface area contributed by atoms with Crippen LogP contribution >= 0.6 is 0 Å². The fourth-order valence-corrected chi connectivity index (χ4v) is 1.92. The maximum absolute atomic E-state index is 11.3. The van der Waals surface area contributed by atoms with E-state index in [0.29, 0.717) is 0 Å². The number of carbonyl (C=O) groups is 2. The predicted molar refractivity (Wildman–Crippen MR) is 54.8 cm³/mol. The van der Waals surface area contributed by atoms with E-state index in [1.165, 1.54) is 0 Å². The summed E-state index contributed by atoms with van der Waals surface area (Å²) in [4.78, 5) is 21.5. The topological polar surface area (TPSA) is 95.9 Å². The van der Waals surface area contributed by atoms with Gasteiger partial charge in [0.2, 0.25) is 5.91 Å². The smallest absolute Gasteiger partial charge is 0.329 e. The first-order valence-electron chi connectivity index (χ1n) is 5.33. The number of carbonyl (C=O) groups excluding carboxylic acids is 1. The van der Waals surface area contributed by atoms with E-state index in [2.05, 4.69) is 10.1 Å². The lowest BCUT2D eigenvalue weighted by Gasteiger charge is -2.18. The van der Waals surface area contributed by atoms with Crippen LogP contribution in [0.4, 0.5) is 0 Å². The fourth-order valence-electron chi connectivity index (χ4n) is 1.92. The fraction of sp³-hybridized carbons (Fsp3) is 0.800. The minimum Gasteiger partial charge on any atom is -0.480 e. The van der Waals surface area contributed by atoms with Crippen molar-refractivity contribution in [1.29, 1.82) is 0 Å². The normalized spacial score (nSPS) is 24.3. The van der Waals surface area contributed by atoms with Gasteiger partial charge in [0.1, 0.15) is 13.2 Å². The van der Waals surface area contributed by atoms with Crippen LogP contribution in [0.25, 0.3) is 0 Å². The van der Waals surface area contributed by atoms with Gasteiger partial charge >= 0.3 is 5.97 Å². The molecule has 1 amide bonds. The Kier molecular flexibility index (Phi) is 5.21. The van der Waals surface area contributed by atoms with Crippen molar-refractivity contribution >= 4 is 11.9 Å². The summed E-state index contributed by atoms with van der Waals surface area (Å²) in [6.45, 7) is -0.649. The molecule has 0 heterocycles. The SMILES string of the molecule is O=C(O)COCC(=O)NC1CCCC1CO. The second-order valence-corrected chi connectivity index (χ2v) is 3.93. The molecule has 1 fully saturated rings. The molecule has 0 aromatic carbocycles. The van der Waals surface area contributed by atoms with E-state index in [0.717, 1.165) is 19.3 Å². The van der Waals surface area contributed by atoms with Crippen LogP contribution in [0.3, 0.4) is 0 Å². The molecule has 6 heteroatoms. The number of ether oxygens (including phenoxy) is 1. The third-order valence-corrected chi connectivity index (χ3v) is 2.70. The highest BCUT2D eigenvalue weighted by Gasteiger charge is 2.27. The van der Waals surface area contributed by atoms with Gasteiger partial charge in [-0.25, -0.2) is 4.79 Å². The summed E-state index contributed by atoms with van der Waals surface area (Å²) in [7, 11) is 0. The van der Waals surface area contributed by atoms with E-state index in [-0.39, 0.29) is 31.1 Å². The van der Waals surface area contributed by atoms with E-state index in [4.69, 9.17) is 10.2 Å². The van der Waals surface area contributed by atoms with Crippen molar-refractivity contribution in [2.45, 2.75) is 25.3 Å². The number of hydrogen-bond donors (Lipinski definition) is 3. The highest BCUT2D eigenvalue weighted by molar-refractivity contribution is 5.78. The lowest BCUT2D eigenvalue weighted by Crippen LogP contribution is -2.40. The number of amides is 1. The number of carboxylic acid groups (broad SMARTS) is 1. The molecule has 0 bridgehead atoms. The van der Waals surface area contributed by atoms with E-state index < -0.39 is 12.6 Å². The average molecular weight is 231 g/mol. The van der Waals surface area contributed by atoms with Gasteiger partial charge in [-0.2, -0.15) is 0 Å². The molecule has 2 unspecified atom stereocenters. The third kappa shape index (κ3) is 4.16. The zero-order chi connectivity index (χ0) is 12.0. The van der Waals surface area contributed by atoms with E-state index in [9.17, 15) is 9.59 Å². The van der Waals surface area contributed by atoms with Crippen LogP contribution < -0.4 is 5.32 Å². The lowest BCUT2D eigenvalue weighted by molar-refractivity contribution is -0.143. The highest BCUT2D eigenvalue weighted by atomic mass is 16.5. The van der Waals surface area contributed by atoms with Crippen molar-refractivity contribution < 1.29 is 24.5 Å². The summed E-state index contributed by atoms with van der Waals surface area (Å²) in [5.41, 5.74) is 0. The van der Waals surface area contributed by atoms with Crippen molar-refractivity contribution in [3.63, 3.8) is 0 Å². The average Bonchev–Trinajstić information content (AvgIpc) is 2.64. The summed E-state index contributed by atoms with van der Waals surface area (Å²) in [5, 5.41) is 20.1. The molecule has 16 heavy (non-hydrogen) atoms. The number of aliphatic hydroxyl groups excluding tert-OH is 1. The number of aliphatic hydroxyl groups is 1. The Morgan fingerprint density at radius 1 is 1.31 bits per heavy atom. The second kappa shape index (κ2) is 6.44. The van der Waals surface area contributed by atoms with Crippen molar-refractivity contribution in [2.24, 2.45) is 5.92 Å². The van der Waals surface area contributed by atoms with Crippen LogP contribution in [-0.2, 0) is 14.3 Å². The van der Waals surface area contributed by atoms with E-state index >= 15 is 0 Å². The summed E-state index contributed by atoms with van der Waals surface area (Å²) in [6.07, 6.45) is 2.76. The van der Waals surface area contributed by atoms with Gasteiger partial charge in [-0.3, -0.25) is 4.79 Å². The zero-order valence-electron chi connectivity index (χ0n) is 9.02. The third-order valence-electron chi connectivity index (χ3n) is 2.70.